The number of imidazole rings is 1. The maximum atomic E-state index is 12.0. The van der Waals surface area contributed by atoms with Gasteiger partial charge >= 0.3 is 0 Å². The minimum atomic E-state index is 0.00765. The SMILES string of the molecule is CCC(CCO)NC(=O)CSC(C)c1nc2ccccc2[nH]1. The van der Waals surface area contributed by atoms with E-state index in [9.17, 15) is 4.79 Å². The number of H-pyrrole nitrogens is 1. The molecule has 2 rings (SSSR count). The average molecular weight is 321 g/mol. The van der Waals surface area contributed by atoms with Gasteiger partial charge in [0.25, 0.3) is 0 Å². The van der Waals surface area contributed by atoms with Crippen molar-refractivity contribution < 1.29 is 9.90 Å². The normalized spacial score (nSPS) is 14.0. The molecule has 2 aromatic rings. The standard InChI is InChI=1S/C16H23N3O2S/c1-3-12(8-9-20)17-15(21)10-22-11(2)16-18-13-6-4-5-7-14(13)19-16/h4-7,11-12,20H,3,8-10H2,1-2H3,(H,17,21)(H,18,19). The molecule has 1 aromatic carbocycles. The highest BCUT2D eigenvalue weighted by Gasteiger charge is 2.15. The molecule has 22 heavy (non-hydrogen) atoms. The van der Waals surface area contributed by atoms with Crippen molar-refractivity contribution in [3.05, 3.63) is 30.1 Å². The van der Waals surface area contributed by atoms with Crippen molar-refractivity contribution in [2.75, 3.05) is 12.4 Å². The molecule has 0 saturated carbocycles. The molecule has 0 fully saturated rings. The van der Waals surface area contributed by atoms with Gasteiger partial charge in [-0.15, -0.1) is 11.8 Å². The molecule has 3 N–H and O–H groups in total. The second-order valence-corrected chi connectivity index (χ2v) is 6.61. The van der Waals surface area contributed by atoms with Gasteiger partial charge in [0, 0.05) is 12.6 Å². The number of rotatable bonds is 8. The van der Waals surface area contributed by atoms with Gasteiger partial charge in [-0.05, 0) is 31.9 Å². The van der Waals surface area contributed by atoms with Gasteiger partial charge in [0.1, 0.15) is 5.82 Å². The van der Waals surface area contributed by atoms with Crippen molar-refractivity contribution in [2.45, 2.75) is 38.0 Å². The number of benzene rings is 1. The molecule has 0 saturated heterocycles. The lowest BCUT2D eigenvalue weighted by atomic mass is 10.1. The Labute approximate surface area is 134 Å². The van der Waals surface area contributed by atoms with Gasteiger partial charge < -0.3 is 15.4 Å². The number of hydrogen-bond donors (Lipinski definition) is 3. The molecule has 5 nitrogen and oxygen atoms in total. The Morgan fingerprint density at radius 2 is 2.23 bits per heavy atom. The number of aliphatic hydroxyl groups is 1. The molecule has 0 aliphatic carbocycles. The summed E-state index contributed by atoms with van der Waals surface area (Å²) in [5, 5.41) is 12.0. The highest BCUT2D eigenvalue weighted by atomic mass is 32.2. The van der Waals surface area contributed by atoms with Crippen LogP contribution in [0.1, 0.15) is 37.8 Å². The molecule has 0 aliphatic heterocycles. The van der Waals surface area contributed by atoms with Crippen LogP contribution in [0.25, 0.3) is 11.0 Å². The number of carbonyl (C=O) groups is 1. The minimum Gasteiger partial charge on any atom is -0.396 e. The highest BCUT2D eigenvalue weighted by Crippen LogP contribution is 2.27. The lowest BCUT2D eigenvalue weighted by Gasteiger charge is -2.16. The summed E-state index contributed by atoms with van der Waals surface area (Å²) in [5.74, 6) is 1.29. The first-order valence-electron chi connectivity index (χ1n) is 7.60. The van der Waals surface area contributed by atoms with Crippen LogP contribution in [-0.2, 0) is 4.79 Å². The maximum absolute atomic E-state index is 12.0. The second kappa shape index (κ2) is 8.19. The Kier molecular flexibility index (Phi) is 6.27. The summed E-state index contributed by atoms with van der Waals surface area (Å²) >= 11 is 1.56. The first kappa shape index (κ1) is 16.8. The molecule has 2 unspecified atom stereocenters. The van der Waals surface area contributed by atoms with E-state index < -0.39 is 0 Å². The third kappa shape index (κ3) is 4.48. The van der Waals surface area contributed by atoms with Crippen LogP contribution in [0.2, 0.25) is 0 Å². The summed E-state index contributed by atoms with van der Waals surface area (Å²) < 4.78 is 0. The smallest absolute Gasteiger partial charge is 0.230 e. The van der Waals surface area contributed by atoms with Crippen molar-refractivity contribution in [2.24, 2.45) is 0 Å². The van der Waals surface area contributed by atoms with Crippen LogP contribution in [0.3, 0.4) is 0 Å². The van der Waals surface area contributed by atoms with Crippen LogP contribution >= 0.6 is 11.8 Å². The summed E-state index contributed by atoms with van der Waals surface area (Å²) in [5.41, 5.74) is 1.96. The monoisotopic (exact) mass is 321 g/mol. The number of carbonyl (C=O) groups excluding carboxylic acids is 1. The predicted molar refractivity (Wildman–Crippen MR) is 90.9 cm³/mol. The quantitative estimate of drug-likeness (QED) is 0.698. The van der Waals surface area contributed by atoms with Crippen molar-refractivity contribution in [3.8, 4) is 0 Å². The van der Waals surface area contributed by atoms with Crippen LogP contribution in [0.5, 0.6) is 0 Å². The zero-order valence-electron chi connectivity index (χ0n) is 13.0. The number of aromatic nitrogens is 2. The summed E-state index contributed by atoms with van der Waals surface area (Å²) in [7, 11) is 0. The zero-order chi connectivity index (χ0) is 15.9. The topological polar surface area (TPSA) is 78.0 Å². The molecular formula is C16H23N3O2S. The van der Waals surface area contributed by atoms with E-state index in [1.54, 1.807) is 11.8 Å². The third-order valence-electron chi connectivity index (χ3n) is 3.59. The van der Waals surface area contributed by atoms with E-state index in [0.717, 1.165) is 23.3 Å². The van der Waals surface area contributed by atoms with Gasteiger partial charge in [0.15, 0.2) is 0 Å². The summed E-state index contributed by atoms with van der Waals surface area (Å²) in [6.07, 6.45) is 1.43. The van der Waals surface area contributed by atoms with Crippen molar-refractivity contribution in [3.63, 3.8) is 0 Å². The van der Waals surface area contributed by atoms with Crippen LogP contribution in [0.15, 0.2) is 24.3 Å². The fraction of sp³-hybridized carbons (Fsp3) is 0.500. The lowest BCUT2D eigenvalue weighted by molar-refractivity contribution is -0.119. The number of thioether (sulfide) groups is 1. The number of para-hydroxylation sites is 2. The minimum absolute atomic E-state index is 0.00765. The number of hydrogen-bond acceptors (Lipinski definition) is 4. The summed E-state index contributed by atoms with van der Waals surface area (Å²) in [6.45, 7) is 4.15. The van der Waals surface area contributed by atoms with E-state index in [2.05, 4.69) is 15.3 Å². The average Bonchev–Trinajstić information content (AvgIpc) is 2.96. The Bertz CT molecular complexity index is 581. The predicted octanol–water partition coefficient (Wildman–Crippen LogP) is 2.63. The number of aromatic amines is 1. The summed E-state index contributed by atoms with van der Waals surface area (Å²) in [4.78, 5) is 19.8. The lowest BCUT2D eigenvalue weighted by Crippen LogP contribution is -2.36. The first-order valence-corrected chi connectivity index (χ1v) is 8.65. The number of aliphatic hydroxyl groups excluding tert-OH is 1. The van der Waals surface area contributed by atoms with E-state index in [4.69, 9.17) is 5.11 Å². The molecule has 1 heterocycles. The van der Waals surface area contributed by atoms with Crippen LogP contribution < -0.4 is 5.32 Å². The second-order valence-electron chi connectivity index (χ2n) is 5.28. The van der Waals surface area contributed by atoms with Crippen molar-refractivity contribution >= 4 is 28.7 Å². The zero-order valence-corrected chi connectivity index (χ0v) is 13.8. The van der Waals surface area contributed by atoms with Gasteiger partial charge in [0.2, 0.25) is 5.91 Å². The largest absolute Gasteiger partial charge is 0.396 e. The Morgan fingerprint density at radius 1 is 1.45 bits per heavy atom. The molecule has 0 aliphatic rings. The number of amides is 1. The fourth-order valence-electron chi connectivity index (χ4n) is 2.25. The highest BCUT2D eigenvalue weighted by molar-refractivity contribution is 8.00. The molecule has 0 spiro atoms. The maximum Gasteiger partial charge on any atom is 0.230 e. The van der Waals surface area contributed by atoms with E-state index >= 15 is 0 Å². The molecule has 1 aromatic heterocycles. The van der Waals surface area contributed by atoms with Crippen molar-refractivity contribution in [1.29, 1.82) is 0 Å². The van der Waals surface area contributed by atoms with E-state index in [-0.39, 0.29) is 23.8 Å². The molecular weight excluding hydrogens is 298 g/mol. The molecule has 0 radical (unpaired) electrons. The van der Waals surface area contributed by atoms with Gasteiger partial charge in [0.05, 0.1) is 22.0 Å². The molecule has 2 atom stereocenters. The first-order chi connectivity index (χ1) is 10.6. The molecule has 0 bridgehead atoms. The van der Waals surface area contributed by atoms with Crippen LogP contribution in [0.4, 0.5) is 0 Å². The number of fused-ring (bicyclic) bond motifs is 1. The van der Waals surface area contributed by atoms with Crippen LogP contribution in [0, 0.1) is 0 Å². The van der Waals surface area contributed by atoms with E-state index in [1.807, 2.05) is 38.1 Å². The van der Waals surface area contributed by atoms with E-state index in [0.29, 0.717) is 12.2 Å². The number of nitrogens with zero attached hydrogens (tertiary/aromatic N) is 1. The van der Waals surface area contributed by atoms with E-state index in [1.165, 1.54) is 0 Å². The Balaban J connectivity index is 1.86. The van der Waals surface area contributed by atoms with Gasteiger partial charge in [-0.2, -0.15) is 0 Å². The Morgan fingerprint density at radius 3 is 2.91 bits per heavy atom. The van der Waals surface area contributed by atoms with Gasteiger partial charge in [-0.1, -0.05) is 19.1 Å². The summed E-state index contributed by atoms with van der Waals surface area (Å²) in [6, 6.07) is 7.96. The van der Waals surface area contributed by atoms with Crippen LogP contribution in [-0.4, -0.2) is 39.4 Å². The van der Waals surface area contributed by atoms with Gasteiger partial charge in [-0.25, -0.2) is 4.98 Å². The Hall–Kier alpha value is -1.53. The van der Waals surface area contributed by atoms with Gasteiger partial charge in [-0.3, -0.25) is 4.79 Å². The molecule has 120 valence electrons. The van der Waals surface area contributed by atoms with Crippen molar-refractivity contribution in [1.82, 2.24) is 15.3 Å². The number of nitrogens with one attached hydrogen (secondary N) is 2. The molecule has 1 amide bonds. The fourth-order valence-corrected chi connectivity index (χ4v) is 3.00. The molecule has 6 heteroatoms. The third-order valence-corrected chi connectivity index (χ3v) is 4.74.